The zero-order valence-electron chi connectivity index (χ0n) is 14.9. The van der Waals surface area contributed by atoms with Gasteiger partial charge in [0.1, 0.15) is 5.82 Å². The van der Waals surface area contributed by atoms with Gasteiger partial charge in [-0.1, -0.05) is 6.07 Å². The summed E-state index contributed by atoms with van der Waals surface area (Å²) in [5.41, 5.74) is 4.86. The summed E-state index contributed by atoms with van der Waals surface area (Å²) in [6, 6.07) is 4.00. The minimum absolute atomic E-state index is 0.0982. The maximum Gasteiger partial charge on any atom is 0.220 e. The minimum atomic E-state index is 0.0982. The lowest BCUT2D eigenvalue weighted by molar-refractivity contribution is -0.121. The fourth-order valence-electron chi connectivity index (χ4n) is 3.18. The predicted octanol–water partition coefficient (Wildman–Crippen LogP) is 2.54. The lowest BCUT2D eigenvalue weighted by atomic mass is 9.95. The van der Waals surface area contributed by atoms with Crippen molar-refractivity contribution in [1.29, 1.82) is 0 Å². The molecule has 0 fully saturated rings. The van der Waals surface area contributed by atoms with Crippen LogP contribution in [0.2, 0.25) is 0 Å². The van der Waals surface area contributed by atoms with Gasteiger partial charge in [0.15, 0.2) is 0 Å². The number of carbonyl (C=O) groups excluding carboxylic acids is 1. The number of H-pyrrole nitrogens is 1. The molecule has 134 valence electrons. The molecule has 0 aromatic carbocycles. The molecule has 0 spiro atoms. The van der Waals surface area contributed by atoms with Crippen LogP contribution in [0.25, 0.3) is 0 Å². The van der Waals surface area contributed by atoms with Gasteiger partial charge < -0.3 is 10.6 Å². The van der Waals surface area contributed by atoms with E-state index in [9.17, 15) is 4.79 Å². The molecule has 0 saturated carbocycles. The molecule has 25 heavy (non-hydrogen) atoms. The van der Waals surface area contributed by atoms with Crippen LogP contribution in [0.5, 0.6) is 0 Å². The van der Waals surface area contributed by atoms with E-state index in [-0.39, 0.29) is 5.91 Å². The summed E-state index contributed by atoms with van der Waals surface area (Å²) in [5, 5.41) is 13.8. The van der Waals surface area contributed by atoms with Crippen molar-refractivity contribution in [2.75, 3.05) is 18.4 Å². The molecule has 0 saturated heterocycles. The highest BCUT2D eigenvalue weighted by Crippen LogP contribution is 2.22. The van der Waals surface area contributed by atoms with Gasteiger partial charge in [-0.05, 0) is 56.2 Å². The van der Waals surface area contributed by atoms with Crippen LogP contribution in [-0.4, -0.2) is 34.2 Å². The molecule has 2 aromatic heterocycles. The molecule has 1 aliphatic rings. The van der Waals surface area contributed by atoms with E-state index in [1.165, 1.54) is 24.1 Å². The fourth-order valence-corrected chi connectivity index (χ4v) is 3.18. The van der Waals surface area contributed by atoms with E-state index in [1.54, 1.807) is 0 Å². The first-order chi connectivity index (χ1) is 12.2. The molecule has 2 aromatic rings. The number of aromatic amines is 1. The summed E-state index contributed by atoms with van der Waals surface area (Å²) in [6.07, 6.45) is 8.61. The van der Waals surface area contributed by atoms with Gasteiger partial charge in [-0.25, -0.2) is 4.98 Å². The Morgan fingerprint density at radius 2 is 2.12 bits per heavy atom. The van der Waals surface area contributed by atoms with Gasteiger partial charge in [-0.15, -0.1) is 0 Å². The maximum absolute atomic E-state index is 12.0. The van der Waals surface area contributed by atoms with Gasteiger partial charge in [0.2, 0.25) is 5.91 Å². The number of nitrogens with zero attached hydrogens (tertiary/aromatic N) is 2. The van der Waals surface area contributed by atoms with Gasteiger partial charge in [0, 0.05) is 37.8 Å². The predicted molar refractivity (Wildman–Crippen MR) is 98.6 cm³/mol. The first kappa shape index (κ1) is 17.5. The van der Waals surface area contributed by atoms with Crippen LogP contribution >= 0.6 is 0 Å². The molecule has 0 aliphatic heterocycles. The molecule has 0 radical (unpaired) electrons. The van der Waals surface area contributed by atoms with Gasteiger partial charge in [-0.3, -0.25) is 9.89 Å². The van der Waals surface area contributed by atoms with Crippen molar-refractivity contribution in [1.82, 2.24) is 20.5 Å². The molecule has 0 bridgehead atoms. The quantitative estimate of drug-likeness (QED) is 0.644. The molecular weight excluding hydrogens is 314 g/mol. The highest BCUT2D eigenvalue weighted by Gasteiger charge is 2.17. The van der Waals surface area contributed by atoms with E-state index in [4.69, 9.17) is 0 Å². The minimum Gasteiger partial charge on any atom is -0.370 e. The van der Waals surface area contributed by atoms with E-state index in [0.29, 0.717) is 13.0 Å². The van der Waals surface area contributed by atoms with Crippen molar-refractivity contribution in [3.05, 3.63) is 40.8 Å². The van der Waals surface area contributed by atoms with E-state index >= 15 is 0 Å². The van der Waals surface area contributed by atoms with Crippen LogP contribution < -0.4 is 10.6 Å². The molecule has 0 atom stereocenters. The third kappa shape index (κ3) is 5.05. The van der Waals surface area contributed by atoms with Crippen molar-refractivity contribution in [2.24, 2.45) is 0 Å². The Kier molecular flexibility index (Phi) is 6.04. The van der Waals surface area contributed by atoms with E-state index < -0.39 is 0 Å². The SMILES string of the molecule is Cc1ccc(NCCCNC(=O)CCc2n[nH]c3c2CCCC3)nc1. The van der Waals surface area contributed by atoms with Crippen molar-refractivity contribution in [2.45, 2.75) is 51.9 Å². The largest absolute Gasteiger partial charge is 0.370 e. The van der Waals surface area contributed by atoms with Crippen LogP contribution in [0.1, 0.15) is 48.2 Å². The lowest BCUT2D eigenvalue weighted by Crippen LogP contribution is -2.26. The van der Waals surface area contributed by atoms with Crippen LogP contribution in [0, 0.1) is 6.92 Å². The smallest absolute Gasteiger partial charge is 0.220 e. The number of rotatable bonds is 8. The number of nitrogens with one attached hydrogen (secondary N) is 3. The van der Waals surface area contributed by atoms with E-state index in [1.807, 2.05) is 25.3 Å². The molecule has 6 nitrogen and oxygen atoms in total. The lowest BCUT2D eigenvalue weighted by Gasteiger charge is -2.11. The number of hydrogen-bond donors (Lipinski definition) is 3. The van der Waals surface area contributed by atoms with Gasteiger partial charge >= 0.3 is 0 Å². The highest BCUT2D eigenvalue weighted by atomic mass is 16.1. The van der Waals surface area contributed by atoms with Gasteiger partial charge in [0.05, 0.1) is 5.69 Å². The maximum atomic E-state index is 12.0. The number of carbonyl (C=O) groups is 1. The average molecular weight is 341 g/mol. The average Bonchev–Trinajstić information content (AvgIpc) is 3.04. The standard InChI is InChI=1S/C19H27N5O/c1-14-7-9-18(22-13-14)20-11-4-12-21-19(25)10-8-17-15-5-2-3-6-16(15)23-24-17/h7,9,13H,2-6,8,10-12H2,1H3,(H,20,22)(H,21,25)(H,23,24). The topological polar surface area (TPSA) is 82.7 Å². The second-order valence-corrected chi connectivity index (χ2v) is 6.69. The second-order valence-electron chi connectivity index (χ2n) is 6.69. The summed E-state index contributed by atoms with van der Waals surface area (Å²) in [7, 11) is 0. The Hall–Kier alpha value is -2.37. The Labute approximate surface area is 148 Å². The number of aryl methyl sites for hydroxylation is 3. The van der Waals surface area contributed by atoms with Crippen molar-refractivity contribution >= 4 is 11.7 Å². The molecule has 3 rings (SSSR count). The van der Waals surface area contributed by atoms with Crippen molar-refractivity contribution in [3.63, 3.8) is 0 Å². The van der Waals surface area contributed by atoms with Crippen molar-refractivity contribution in [3.8, 4) is 0 Å². The van der Waals surface area contributed by atoms with Crippen LogP contribution in [-0.2, 0) is 24.1 Å². The first-order valence-electron chi connectivity index (χ1n) is 9.20. The molecule has 0 unspecified atom stereocenters. The number of hydrogen-bond acceptors (Lipinski definition) is 4. The molecule has 1 amide bonds. The Balaban J connectivity index is 1.30. The Bertz CT molecular complexity index is 692. The summed E-state index contributed by atoms with van der Waals surface area (Å²) in [5.74, 6) is 0.973. The number of anilines is 1. The molecule has 2 heterocycles. The molecule has 3 N–H and O–H groups in total. The first-order valence-corrected chi connectivity index (χ1v) is 9.20. The zero-order chi connectivity index (χ0) is 17.5. The summed E-state index contributed by atoms with van der Waals surface area (Å²) >= 11 is 0. The van der Waals surface area contributed by atoms with Gasteiger partial charge in [0.25, 0.3) is 0 Å². The van der Waals surface area contributed by atoms with Crippen LogP contribution in [0.15, 0.2) is 18.3 Å². The summed E-state index contributed by atoms with van der Waals surface area (Å²) in [6.45, 7) is 3.49. The highest BCUT2D eigenvalue weighted by molar-refractivity contribution is 5.76. The van der Waals surface area contributed by atoms with Crippen LogP contribution in [0.3, 0.4) is 0 Å². The third-order valence-electron chi connectivity index (χ3n) is 4.62. The Morgan fingerprint density at radius 1 is 1.24 bits per heavy atom. The normalized spacial score (nSPS) is 13.3. The fraction of sp³-hybridized carbons (Fsp3) is 0.526. The Morgan fingerprint density at radius 3 is 2.96 bits per heavy atom. The molecule has 1 aliphatic carbocycles. The number of amides is 1. The van der Waals surface area contributed by atoms with Crippen molar-refractivity contribution < 1.29 is 4.79 Å². The molecule has 6 heteroatoms. The number of aromatic nitrogens is 3. The van der Waals surface area contributed by atoms with Gasteiger partial charge in [-0.2, -0.15) is 5.10 Å². The number of pyridine rings is 1. The van der Waals surface area contributed by atoms with Crippen LogP contribution in [0.4, 0.5) is 5.82 Å². The zero-order valence-corrected chi connectivity index (χ0v) is 14.9. The van der Waals surface area contributed by atoms with E-state index in [2.05, 4.69) is 25.8 Å². The number of fused-ring (bicyclic) bond motifs is 1. The second kappa shape index (κ2) is 8.65. The summed E-state index contributed by atoms with van der Waals surface area (Å²) < 4.78 is 0. The third-order valence-corrected chi connectivity index (χ3v) is 4.62. The van der Waals surface area contributed by atoms with E-state index in [0.717, 1.165) is 49.3 Å². The summed E-state index contributed by atoms with van der Waals surface area (Å²) in [4.78, 5) is 16.3. The monoisotopic (exact) mass is 341 g/mol. The molecular formula is C19H27N5O.